The number of methoxy groups -OCH3 is 3. The van der Waals surface area contributed by atoms with Crippen LogP contribution < -0.4 is 0 Å². The second kappa shape index (κ2) is 10.9. The highest BCUT2D eigenvalue weighted by Gasteiger charge is 2.18. The lowest BCUT2D eigenvalue weighted by Crippen LogP contribution is -2.11. The van der Waals surface area contributed by atoms with Gasteiger partial charge in [0.15, 0.2) is 0 Å². The van der Waals surface area contributed by atoms with Crippen LogP contribution in [0.15, 0.2) is 59.9 Å². The summed E-state index contributed by atoms with van der Waals surface area (Å²) in [5.74, 6) is -0.485. The maximum atomic E-state index is 12.2. The Balaban J connectivity index is 2.31. The minimum atomic E-state index is -0.485. The summed E-state index contributed by atoms with van der Waals surface area (Å²) in [7, 11) is 4.42. The lowest BCUT2D eigenvalue weighted by molar-refractivity contribution is -0.133. The van der Waals surface area contributed by atoms with E-state index in [9.17, 15) is 4.79 Å². The highest BCUT2D eigenvalue weighted by atomic mass is 16.6. The highest BCUT2D eigenvalue weighted by Crippen LogP contribution is 2.24. The highest BCUT2D eigenvalue weighted by molar-refractivity contribution is 6.16. The largest absolute Gasteiger partial charge is 0.503 e. The van der Waals surface area contributed by atoms with Gasteiger partial charge in [-0.05, 0) is 18.1 Å². The van der Waals surface area contributed by atoms with Gasteiger partial charge < -0.3 is 19.0 Å². The van der Waals surface area contributed by atoms with Gasteiger partial charge in [-0.2, -0.15) is 0 Å². The summed E-state index contributed by atoms with van der Waals surface area (Å²) < 4.78 is 15.2. The zero-order chi connectivity index (χ0) is 20.4. The normalized spacial score (nSPS) is 11.9. The number of rotatable bonds is 9. The van der Waals surface area contributed by atoms with Crippen molar-refractivity contribution in [3.8, 4) is 0 Å². The van der Waals surface area contributed by atoms with Gasteiger partial charge in [0.05, 0.1) is 27.1 Å². The number of aryl methyl sites for hydroxylation is 1. The average molecular weight is 383 g/mol. The van der Waals surface area contributed by atoms with Gasteiger partial charge in [-0.1, -0.05) is 53.7 Å². The number of carbonyl (C=O) groups is 1. The molecule has 0 aromatic heterocycles. The molecule has 0 bridgehead atoms. The lowest BCUT2D eigenvalue weighted by atomic mass is 9.97. The molecule has 0 aliphatic rings. The minimum Gasteiger partial charge on any atom is -0.503 e. The summed E-state index contributed by atoms with van der Waals surface area (Å²) in [5, 5.41) is 4.26. The monoisotopic (exact) mass is 383 g/mol. The first kappa shape index (κ1) is 21.2. The molecule has 0 atom stereocenters. The van der Waals surface area contributed by atoms with E-state index in [1.54, 1.807) is 7.11 Å². The zero-order valence-corrected chi connectivity index (χ0v) is 16.6. The average Bonchev–Trinajstić information content (AvgIpc) is 2.72. The number of carbonyl (C=O) groups excluding carboxylic acids is 1. The number of nitrogens with zero attached hydrogens (tertiary/aromatic N) is 1. The topological polar surface area (TPSA) is 66.4 Å². The number of oxime groups is 1. The molecule has 28 heavy (non-hydrogen) atoms. The fourth-order valence-corrected chi connectivity index (χ4v) is 2.70. The maximum Gasteiger partial charge on any atom is 0.341 e. The molecule has 0 N–H and O–H groups in total. The number of ether oxygens (including phenoxy) is 3. The number of benzene rings is 2. The molecule has 0 aliphatic heterocycles. The second-order valence-electron chi connectivity index (χ2n) is 5.97. The van der Waals surface area contributed by atoms with E-state index >= 15 is 0 Å². The molecule has 6 heteroatoms. The molecule has 6 nitrogen and oxygen atoms in total. The lowest BCUT2D eigenvalue weighted by Gasteiger charge is -2.14. The molecule has 0 aliphatic carbocycles. The second-order valence-corrected chi connectivity index (χ2v) is 5.97. The van der Waals surface area contributed by atoms with E-state index in [0.29, 0.717) is 23.5 Å². The number of hydrogen-bond donors (Lipinski definition) is 0. The van der Waals surface area contributed by atoms with Gasteiger partial charge in [0.1, 0.15) is 17.9 Å². The Bertz CT molecular complexity index is 843. The smallest absolute Gasteiger partial charge is 0.341 e. The van der Waals surface area contributed by atoms with E-state index in [0.717, 1.165) is 16.7 Å². The van der Waals surface area contributed by atoms with Gasteiger partial charge in [-0.3, -0.25) is 0 Å². The molecular weight excluding hydrogens is 358 g/mol. The number of hydrogen-bond acceptors (Lipinski definition) is 6. The molecule has 2 rings (SSSR count). The molecule has 0 radical (unpaired) electrons. The Kier molecular flexibility index (Phi) is 8.24. The van der Waals surface area contributed by atoms with Crippen molar-refractivity contribution in [3.63, 3.8) is 0 Å². The van der Waals surface area contributed by atoms with Crippen LogP contribution in [0.3, 0.4) is 0 Å². The van der Waals surface area contributed by atoms with Crippen LogP contribution in [0.1, 0.15) is 22.3 Å². The maximum absolute atomic E-state index is 12.2. The molecule has 0 unspecified atom stereocenters. The van der Waals surface area contributed by atoms with Crippen molar-refractivity contribution >= 4 is 17.3 Å². The van der Waals surface area contributed by atoms with E-state index < -0.39 is 5.97 Å². The van der Waals surface area contributed by atoms with E-state index in [1.807, 2.05) is 55.5 Å². The Hall–Kier alpha value is -3.12. The summed E-state index contributed by atoms with van der Waals surface area (Å²) in [6.07, 6.45) is 1.37. The molecule has 2 aromatic carbocycles. The summed E-state index contributed by atoms with van der Waals surface area (Å²) in [6.45, 7) is 2.45. The summed E-state index contributed by atoms with van der Waals surface area (Å²) >= 11 is 0. The standard InChI is InChI=1S/C22H25NO5/c1-16-9-8-12-18(20(13-25-2)22(24)27-4)19(16)14-28-23-21(15-26-3)17-10-6-5-7-11-17/h5-13H,14-15H2,1-4H3/b20-13+,23-21+. The fourth-order valence-electron chi connectivity index (χ4n) is 2.70. The summed E-state index contributed by atoms with van der Waals surface area (Å²) in [5.41, 5.74) is 4.38. The molecule has 2 aromatic rings. The first-order valence-electron chi connectivity index (χ1n) is 8.75. The van der Waals surface area contributed by atoms with Crippen molar-refractivity contribution in [2.75, 3.05) is 27.9 Å². The Morgan fingerprint density at radius 1 is 1.04 bits per heavy atom. The van der Waals surface area contributed by atoms with Gasteiger partial charge in [0.2, 0.25) is 0 Å². The van der Waals surface area contributed by atoms with Crippen molar-refractivity contribution < 1.29 is 23.8 Å². The predicted molar refractivity (Wildman–Crippen MR) is 108 cm³/mol. The van der Waals surface area contributed by atoms with Crippen molar-refractivity contribution in [2.24, 2.45) is 5.16 Å². The predicted octanol–water partition coefficient (Wildman–Crippen LogP) is 3.72. The third-order valence-corrected chi connectivity index (χ3v) is 4.11. The van der Waals surface area contributed by atoms with E-state index in [2.05, 4.69) is 5.16 Å². The zero-order valence-electron chi connectivity index (χ0n) is 16.6. The molecule has 0 fully saturated rings. The minimum absolute atomic E-state index is 0.181. The number of esters is 1. The third-order valence-electron chi connectivity index (χ3n) is 4.11. The van der Waals surface area contributed by atoms with E-state index in [-0.39, 0.29) is 6.61 Å². The quantitative estimate of drug-likeness (QED) is 0.217. The molecule has 0 saturated carbocycles. The Labute approximate surface area is 165 Å². The van der Waals surface area contributed by atoms with Gasteiger partial charge in [-0.25, -0.2) is 4.79 Å². The van der Waals surface area contributed by atoms with Crippen LogP contribution in [0, 0.1) is 6.92 Å². The van der Waals surface area contributed by atoms with Gasteiger partial charge in [0, 0.05) is 18.2 Å². The molecule has 0 amide bonds. The van der Waals surface area contributed by atoms with Crippen LogP contribution in [-0.2, 0) is 30.4 Å². The van der Waals surface area contributed by atoms with E-state index in [1.165, 1.54) is 20.5 Å². The van der Waals surface area contributed by atoms with Gasteiger partial charge >= 0.3 is 5.97 Å². The fraction of sp³-hybridized carbons (Fsp3) is 0.273. The first-order chi connectivity index (χ1) is 13.6. The van der Waals surface area contributed by atoms with Crippen LogP contribution in [0.4, 0.5) is 0 Å². The Morgan fingerprint density at radius 3 is 2.43 bits per heavy atom. The third kappa shape index (κ3) is 5.44. The van der Waals surface area contributed by atoms with Crippen molar-refractivity contribution in [3.05, 3.63) is 77.0 Å². The van der Waals surface area contributed by atoms with Crippen LogP contribution in [0.2, 0.25) is 0 Å². The van der Waals surface area contributed by atoms with Crippen molar-refractivity contribution in [2.45, 2.75) is 13.5 Å². The molecule has 0 saturated heterocycles. The van der Waals surface area contributed by atoms with Crippen LogP contribution in [-0.4, -0.2) is 39.6 Å². The van der Waals surface area contributed by atoms with Crippen LogP contribution in [0.5, 0.6) is 0 Å². The van der Waals surface area contributed by atoms with Crippen molar-refractivity contribution in [1.82, 2.24) is 0 Å². The summed E-state index contributed by atoms with van der Waals surface area (Å²) in [4.78, 5) is 17.8. The molecular formula is C22H25NO5. The molecule has 0 heterocycles. The Morgan fingerprint density at radius 2 is 1.79 bits per heavy atom. The molecule has 0 spiro atoms. The van der Waals surface area contributed by atoms with Crippen LogP contribution >= 0.6 is 0 Å². The SMILES string of the molecule is CO/C=C(/C(=O)OC)c1cccc(C)c1CO/N=C(\COC)c1ccccc1. The van der Waals surface area contributed by atoms with Crippen LogP contribution in [0.25, 0.3) is 5.57 Å². The van der Waals surface area contributed by atoms with Crippen molar-refractivity contribution in [1.29, 1.82) is 0 Å². The first-order valence-corrected chi connectivity index (χ1v) is 8.75. The molecule has 148 valence electrons. The summed E-state index contributed by atoms with van der Waals surface area (Å²) in [6, 6.07) is 15.3. The van der Waals surface area contributed by atoms with Gasteiger partial charge in [-0.15, -0.1) is 0 Å². The van der Waals surface area contributed by atoms with Gasteiger partial charge in [0.25, 0.3) is 0 Å². The van der Waals surface area contributed by atoms with E-state index in [4.69, 9.17) is 19.0 Å².